The second-order valence-corrected chi connectivity index (χ2v) is 7.30. The van der Waals surface area contributed by atoms with Crippen molar-refractivity contribution >= 4 is 31.9 Å². The van der Waals surface area contributed by atoms with Crippen LogP contribution in [-0.2, 0) is 10.0 Å². The van der Waals surface area contributed by atoms with Gasteiger partial charge in [0.2, 0.25) is 10.0 Å². The van der Waals surface area contributed by atoms with E-state index in [4.69, 9.17) is 5.11 Å². The topological polar surface area (TPSA) is 74.7 Å². The molecule has 104 valence electrons. The molecule has 5 nitrogen and oxygen atoms in total. The number of rotatable bonds is 3. The summed E-state index contributed by atoms with van der Waals surface area (Å²) in [7, 11) is -3.61. The molecule has 1 fully saturated rings. The van der Waals surface area contributed by atoms with Gasteiger partial charge < -0.3 is 5.11 Å². The fraction of sp³-hybridized carbons (Fsp3) is 0.417. The quantitative estimate of drug-likeness (QED) is 0.910. The summed E-state index contributed by atoms with van der Waals surface area (Å²) < 4.78 is 26.7. The first-order valence-electron chi connectivity index (χ1n) is 5.88. The molecular formula is C12H14BrNO4S. The minimum atomic E-state index is -3.61. The molecule has 1 heterocycles. The molecule has 0 radical (unpaired) electrons. The van der Waals surface area contributed by atoms with Crippen LogP contribution in [0.4, 0.5) is 0 Å². The van der Waals surface area contributed by atoms with E-state index in [0.717, 1.165) is 12.8 Å². The van der Waals surface area contributed by atoms with Crippen LogP contribution in [-0.4, -0.2) is 36.4 Å². The summed E-state index contributed by atoms with van der Waals surface area (Å²) >= 11 is 3.10. The lowest BCUT2D eigenvalue weighted by Gasteiger charge is -2.21. The van der Waals surface area contributed by atoms with Gasteiger partial charge in [-0.15, -0.1) is 0 Å². The van der Waals surface area contributed by atoms with Crippen LogP contribution in [0, 0.1) is 0 Å². The van der Waals surface area contributed by atoms with E-state index < -0.39 is 16.0 Å². The first-order chi connectivity index (χ1) is 8.84. The fourth-order valence-corrected chi connectivity index (χ4v) is 4.37. The molecule has 0 amide bonds. The molecule has 0 saturated carbocycles. The van der Waals surface area contributed by atoms with E-state index in [-0.39, 0.29) is 16.5 Å². The van der Waals surface area contributed by atoms with Crippen LogP contribution >= 0.6 is 15.9 Å². The zero-order valence-corrected chi connectivity index (χ0v) is 12.7. The van der Waals surface area contributed by atoms with Gasteiger partial charge in [0.1, 0.15) is 0 Å². The van der Waals surface area contributed by atoms with Gasteiger partial charge in [-0.2, -0.15) is 4.31 Å². The van der Waals surface area contributed by atoms with Crippen molar-refractivity contribution in [2.75, 3.05) is 6.54 Å². The lowest BCUT2D eigenvalue weighted by atomic mass is 10.2. The molecule has 1 aliphatic heterocycles. The summed E-state index contributed by atoms with van der Waals surface area (Å²) in [6.07, 6.45) is 1.67. The van der Waals surface area contributed by atoms with Gasteiger partial charge >= 0.3 is 5.97 Å². The van der Waals surface area contributed by atoms with Crippen molar-refractivity contribution in [3.8, 4) is 0 Å². The van der Waals surface area contributed by atoms with Gasteiger partial charge in [0.15, 0.2) is 0 Å². The number of hydrogen-bond acceptors (Lipinski definition) is 3. The molecular weight excluding hydrogens is 334 g/mol. The summed E-state index contributed by atoms with van der Waals surface area (Å²) in [6.45, 7) is 2.35. The molecule has 1 aromatic rings. The van der Waals surface area contributed by atoms with E-state index >= 15 is 0 Å². The molecule has 19 heavy (non-hydrogen) atoms. The van der Waals surface area contributed by atoms with Crippen LogP contribution in [0.25, 0.3) is 0 Å². The average Bonchev–Trinajstić information content (AvgIpc) is 2.76. The van der Waals surface area contributed by atoms with E-state index in [9.17, 15) is 13.2 Å². The molecule has 1 N–H and O–H groups in total. The molecule has 7 heteroatoms. The Kier molecular flexibility index (Phi) is 3.98. The van der Waals surface area contributed by atoms with E-state index in [1.54, 1.807) is 0 Å². The summed E-state index contributed by atoms with van der Waals surface area (Å²) in [4.78, 5) is 11.1. The number of carboxylic acids is 1. The van der Waals surface area contributed by atoms with E-state index in [2.05, 4.69) is 15.9 Å². The average molecular weight is 348 g/mol. The predicted octanol–water partition coefficient (Wildman–Crippen LogP) is 2.32. The summed E-state index contributed by atoms with van der Waals surface area (Å²) in [5.74, 6) is -1.15. The molecule has 1 unspecified atom stereocenters. The number of carboxylic acid groups (broad SMARTS) is 1. The highest BCUT2D eigenvalue weighted by molar-refractivity contribution is 9.10. The maximum atomic E-state index is 12.4. The van der Waals surface area contributed by atoms with Gasteiger partial charge in [-0.05, 0) is 53.9 Å². The number of nitrogens with zero attached hydrogens (tertiary/aromatic N) is 1. The van der Waals surface area contributed by atoms with Crippen LogP contribution in [0.2, 0.25) is 0 Å². The standard InChI is InChI=1S/C12H14BrNO4S/c1-8-3-2-6-14(8)19(17,18)9-4-5-11(13)10(7-9)12(15)16/h4-5,7-8H,2-3,6H2,1H3,(H,15,16). The maximum Gasteiger partial charge on any atom is 0.336 e. The van der Waals surface area contributed by atoms with Crippen molar-refractivity contribution < 1.29 is 18.3 Å². The largest absolute Gasteiger partial charge is 0.478 e. The van der Waals surface area contributed by atoms with E-state index in [1.807, 2.05) is 6.92 Å². The third-order valence-corrected chi connectivity index (χ3v) is 5.97. The van der Waals surface area contributed by atoms with Gasteiger partial charge in [-0.3, -0.25) is 0 Å². The fourth-order valence-electron chi connectivity index (χ4n) is 2.23. The SMILES string of the molecule is CC1CCCN1S(=O)(=O)c1ccc(Br)c(C(=O)O)c1. The van der Waals surface area contributed by atoms with Crippen LogP contribution in [0.5, 0.6) is 0 Å². The van der Waals surface area contributed by atoms with Crippen molar-refractivity contribution in [3.63, 3.8) is 0 Å². The molecule has 2 rings (SSSR count). The Balaban J connectivity index is 2.46. The first kappa shape index (κ1) is 14.5. The Morgan fingerprint density at radius 3 is 2.68 bits per heavy atom. The van der Waals surface area contributed by atoms with Crippen molar-refractivity contribution in [1.82, 2.24) is 4.31 Å². The highest BCUT2D eigenvalue weighted by Gasteiger charge is 2.33. The Morgan fingerprint density at radius 2 is 2.16 bits per heavy atom. The minimum absolute atomic E-state index is 0.0295. The second-order valence-electron chi connectivity index (χ2n) is 4.55. The maximum absolute atomic E-state index is 12.4. The third kappa shape index (κ3) is 2.68. The van der Waals surface area contributed by atoms with Crippen LogP contribution in [0.3, 0.4) is 0 Å². The number of aromatic carboxylic acids is 1. The Bertz CT molecular complexity index is 614. The second kappa shape index (κ2) is 5.22. The number of hydrogen-bond donors (Lipinski definition) is 1. The number of halogens is 1. The Labute approximate surface area is 120 Å². The molecule has 0 aliphatic carbocycles. The smallest absolute Gasteiger partial charge is 0.336 e. The zero-order chi connectivity index (χ0) is 14.2. The minimum Gasteiger partial charge on any atom is -0.478 e. The van der Waals surface area contributed by atoms with Crippen molar-refractivity contribution in [2.45, 2.75) is 30.7 Å². The molecule has 1 atom stereocenters. The van der Waals surface area contributed by atoms with Gasteiger partial charge in [0.05, 0.1) is 10.5 Å². The number of carbonyl (C=O) groups is 1. The van der Waals surface area contributed by atoms with Crippen LogP contribution in [0.1, 0.15) is 30.1 Å². The summed E-state index contributed by atoms with van der Waals surface area (Å²) in [6, 6.07) is 4.04. The van der Waals surface area contributed by atoms with Crippen molar-refractivity contribution in [3.05, 3.63) is 28.2 Å². The lowest BCUT2D eigenvalue weighted by molar-refractivity contribution is 0.0695. The highest BCUT2D eigenvalue weighted by Crippen LogP contribution is 2.28. The van der Waals surface area contributed by atoms with Gasteiger partial charge in [0, 0.05) is 17.1 Å². The van der Waals surface area contributed by atoms with Crippen LogP contribution < -0.4 is 0 Å². The molecule has 0 aromatic heterocycles. The summed E-state index contributed by atoms with van der Waals surface area (Å²) in [5.41, 5.74) is -0.0482. The zero-order valence-electron chi connectivity index (χ0n) is 10.3. The Morgan fingerprint density at radius 1 is 1.47 bits per heavy atom. The van der Waals surface area contributed by atoms with Gasteiger partial charge in [0.25, 0.3) is 0 Å². The van der Waals surface area contributed by atoms with Gasteiger partial charge in [-0.25, -0.2) is 13.2 Å². The van der Waals surface area contributed by atoms with Crippen molar-refractivity contribution in [1.29, 1.82) is 0 Å². The van der Waals surface area contributed by atoms with Gasteiger partial charge in [-0.1, -0.05) is 0 Å². The molecule has 0 spiro atoms. The van der Waals surface area contributed by atoms with E-state index in [1.165, 1.54) is 22.5 Å². The van der Waals surface area contributed by atoms with Crippen LogP contribution in [0.15, 0.2) is 27.6 Å². The molecule has 1 aromatic carbocycles. The van der Waals surface area contributed by atoms with E-state index in [0.29, 0.717) is 11.0 Å². The third-order valence-electron chi connectivity index (χ3n) is 3.27. The molecule has 1 aliphatic rings. The van der Waals surface area contributed by atoms with Crippen molar-refractivity contribution in [2.24, 2.45) is 0 Å². The summed E-state index contributed by atoms with van der Waals surface area (Å²) in [5, 5.41) is 9.03. The lowest BCUT2D eigenvalue weighted by Crippen LogP contribution is -2.33. The highest BCUT2D eigenvalue weighted by atomic mass is 79.9. The first-order valence-corrected chi connectivity index (χ1v) is 8.12. The molecule has 1 saturated heterocycles. The molecule has 0 bridgehead atoms. The monoisotopic (exact) mass is 347 g/mol. The number of sulfonamides is 1. The predicted molar refractivity (Wildman–Crippen MR) is 73.7 cm³/mol. The number of benzene rings is 1. The normalized spacial score (nSPS) is 20.6. The Hall–Kier alpha value is -0.920.